The number of ether oxygens (including phenoxy) is 1. The average Bonchev–Trinajstić information content (AvgIpc) is 2.42. The number of hydrogen-bond acceptors (Lipinski definition) is 5. The summed E-state index contributed by atoms with van der Waals surface area (Å²) in [5.41, 5.74) is -0.405. The van der Waals surface area contributed by atoms with Crippen LogP contribution in [0.3, 0.4) is 0 Å². The molecule has 0 spiro atoms. The van der Waals surface area contributed by atoms with E-state index in [-0.39, 0.29) is 17.9 Å². The molecule has 0 bridgehead atoms. The zero-order valence-corrected chi connectivity index (χ0v) is 10.3. The van der Waals surface area contributed by atoms with Crippen LogP contribution in [0.1, 0.15) is 26.5 Å². The zero-order valence-electron chi connectivity index (χ0n) is 10.3. The molecule has 7 nitrogen and oxygen atoms in total. The monoisotopic (exact) mass is 241 g/mol. The van der Waals surface area contributed by atoms with Crippen molar-refractivity contribution in [1.82, 2.24) is 9.78 Å². The minimum absolute atomic E-state index is 0.103. The first-order valence-electron chi connectivity index (χ1n) is 5.09. The molecule has 17 heavy (non-hydrogen) atoms. The number of aromatic nitrogens is 2. The van der Waals surface area contributed by atoms with Crippen molar-refractivity contribution in [1.29, 1.82) is 0 Å². The molecule has 0 saturated carbocycles. The van der Waals surface area contributed by atoms with E-state index in [1.54, 1.807) is 20.8 Å². The number of nitrogens with zero attached hydrogens (tertiary/aromatic N) is 3. The molecular formula is C10H15N3O4. The van der Waals surface area contributed by atoms with Gasteiger partial charge in [-0.15, -0.1) is 0 Å². The van der Waals surface area contributed by atoms with Gasteiger partial charge < -0.3 is 4.74 Å². The van der Waals surface area contributed by atoms with Gasteiger partial charge in [-0.2, -0.15) is 5.10 Å². The number of carbonyl (C=O) groups excluding carboxylic acids is 1. The Morgan fingerprint density at radius 1 is 1.59 bits per heavy atom. The van der Waals surface area contributed by atoms with Gasteiger partial charge in [-0.3, -0.25) is 19.6 Å². The van der Waals surface area contributed by atoms with Crippen LogP contribution in [0, 0.1) is 17.0 Å². The predicted molar refractivity (Wildman–Crippen MR) is 59.5 cm³/mol. The summed E-state index contributed by atoms with van der Waals surface area (Å²) in [4.78, 5) is 21.5. The molecule has 1 heterocycles. The lowest BCUT2D eigenvalue weighted by Crippen LogP contribution is -2.26. The van der Waals surface area contributed by atoms with Crippen molar-refractivity contribution in [2.45, 2.75) is 39.8 Å². The van der Waals surface area contributed by atoms with Crippen molar-refractivity contribution in [3.8, 4) is 0 Å². The van der Waals surface area contributed by atoms with E-state index in [1.165, 1.54) is 17.8 Å². The number of esters is 1. The van der Waals surface area contributed by atoms with Gasteiger partial charge in [-0.05, 0) is 27.7 Å². The molecule has 0 amide bonds. The van der Waals surface area contributed by atoms with Crippen LogP contribution in [-0.2, 0) is 16.1 Å². The number of aryl methyl sites for hydroxylation is 1. The fraction of sp³-hybridized carbons (Fsp3) is 0.600. The summed E-state index contributed by atoms with van der Waals surface area (Å²) < 4.78 is 6.29. The molecule has 0 aliphatic heterocycles. The van der Waals surface area contributed by atoms with Gasteiger partial charge in [0.15, 0.2) is 0 Å². The lowest BCUT2D eigenvalue weighted by atomic mass is 10.2. The maximum absolute atomic E-state index is 11.5. The predicted octanol–water partition coefficient (Wildman–Crippen LogP) is 1.44. The largest absolute Gasteiger partial charge is 0.459 e. The van der Waals surface area contributed by atoms with Crippen molar-refractivity contribution in [3.63, 3.8) is 0 Å². The fourth-order valence-electron chi connectivity index (χ4n) is 1.27. The normalized spacial score (nSPS) is 11.3. The summed E-state index contributed by atoms with van der Waals surface area (Å²) >= 11 is 0. The summed E-state index contributed by atoms with van der Waals surface area (Å²) in [5.74, 6) is -0.477. The van der Waals surface area contributed by atoms with Crippen LogP contribution in [0.15, 0.2) is 6.20 Å². The van der Waals surface area contributed by atoms with Crippen molar-refractivity contribution in [3.05, 3.63) is 22.0 Å². The van der Waals surface area contributed by atoms with E-state index in [4.69, 9.17) is 4.74 Å². The van der Waals surface area contributed by atoms with Crippen LogP contribution in [0.5, 0.6) is 0 Å². The highest BCUT2D eigenvalue weighted by molar-refractivity contribution is 5.69. The van der Waals surface area contributed by atoms with Crippen molar-refractivity contribution in [2.24, 2.45) is 0 Å². The van der Waals surface area contributed by atoms with E-state index >= 15 is 0 Å². The van der Waals surface area contributed by atoms with E-state index in [0.717, 1.165) is 0 Å². The Morgan fingerprint density at radius 2 is 2.18 bits per heavy atom. The molecule has 94 valence electrons. The fourth-order valence-corrected chi connectivity index (χ4v) is 1.27. The van der Waals surface area contributed by atoms with Gasteiger partial charge in [0, 0.05) is 0 Å². The second-order valence-electron chi connectivity index (χ2n) is 4.64. The van der Waals surface area contributed by atoms with Gasteiger partial charge in [-0.1, -0.05) is 0 Å². The molecule has 0 N–H and O–H groups in total. The van der Waals surface area contributed by atoms with E-state index in [0.29, 0.717) is 0 Å². The Kier molecular flexibility index (Phi) is 3.50. The Balaban J connectivity index is 2.73. The number of hydrogen-bond donors (Lipinski definition) is 0. The molecule has 0 atom stereocenters. The Bertz CT molecular complexity index is 445. The molecule has 0 radical (unpaired) electrons. The molecule has 0 fully saturated rings. The van der Waals surface area contributed by atoms with Crippen LogP contribution in [0.4, 0.5) is 5.69 Å². The van der Waals surface area contributed by atoms with Gasteiger partial charge in [-0.25, -0.2) is 0 Å². The third-order valence-electron chi connectivity index (χ3n) is 1.83. The molecular weight excluding hydrogens is 226 g/mol. The molecule has 7 heteroatoms. The quantitative estimate of drug-likeness (QED) is 0.454. The van der Waals surface area contributed by atoms with Gasteiger partial charge in [0.1, 0.15) is 24.0 Å². The smallest absolute Gasteiger partial charge is 0.328 e. The number of nitro groups is 1. The SMILES string of the molecule is Cc1nn(CC(=O)OC(C)(C)C)cc1[N+](=O)[O-]. The first-order chi connectivity index (χ1) is 7.69. The molecule has 0 unspecified atom stereocenters. The highest BCUT2D eigenvalue weighted by Gasteiger charge is 2.20. The molecule has 0 aromatic carbocycles. The first-order valence-corrected chi connectivity index (χ1v) is 5.09. The van der Waals surface area contributed by atoms with Crippen molar-refractivity contribution < 1.29 is 14.5 Å². The third-order valence-corrected chi connectivity index (χ3v) is 1.83. The van der Waals surface area contributed by atoms with Gasteiger partial charge in [0.2, 0.25) is 0 Å². The Morgan fingerprint density at radius 3 is 2.59 bits per heavy atom. The van der Waals surface area contributed by atoms with Crippen LogP contribution < -0.4 is 0 Å². The molecule has 0 aliphatic carbocycles. The summed E-state index contributed by atoms with van der Waals surface area (Å²) in [6.45, 7) is 6.64. The van der Waals surface area contributed by atoms with Gasteiger partial charge in [0.05, 0.1) is 4.92 Å². The van der Waals surface area contributed by atoms with E-state index < -0.39 is 16.5 Å². The molecule has 0 saturated heterocycles. The van der Waals surface area contributed by atoms with Crippen LogP contribution in [-0.4, -0.2) is 26.3 Å². The summed E-state index contributed by atoms with van der Waals surface area (Å²) in [6.07, 6.45) is 1.22. The molecule has 1 aromatic heterocycles. The highest BCUT2D eigenvalue weighted by Crippen LogP contribution is 2.15. The summed E-state index contributed by atoms with van der Waals surface area (Å²) in [5, 5.41) is 14.5. The first kappa shape index (κ1) is 13.1. The van der Waals surface area contributed by atoms with Crippen molar-refractivity contribution >= 4 is 11.7 Å². The van der Waals surface area contributed by atoms with E-state index in [2.05, 4.69) is 5.10 Å². The average molecular weight is 241 g/mol. The topological polar surface area (TPSA) is 87.3 Å². The van der Waals surface area contributed by atoms with E-state index in [1.807, 2.05) is 0 Å². The van der Waals surface area contributed by atoms with E-state index in [9.17, 15) is 14.9 Å². The summed E-state index contributed by atoms with van der Waals surface area (Å²) in [7, 11) is 0. The maximum atomic E-state index is 11.5. The van der Waals surface area contributed by atoms with Crippen LogP contribution >= 0.6 is 0 Å². The lowest BCUT2D eigenvalue weighted by Gasteiger charge is -2.19. The lowest BCUT2D eigenvalue weighted by molar-refractivity contribution is -0.385. The van der Waals surface area contributed by atoms with Gasteiger partial charge in [0.25, 0.3) is 0 Å². The second-order valence-corrected chi connectivity index (χ2v) is 4.64. The maximum Gasteiger partial charge on any atom is 0.328 e. The Labute approximate surface area is 98.5 Å². The standard InChI is InChI=1S/C10H15N3O4/c1-7-8(13(15)16)5-12(11-7)6-9(14)17-10(2,3)4/h5H,6H2,1-4H3. The molecule has 0 aliphatic rings. The summed E-state index contributed by atoms with van der Waals surface area (Å²) in [6, 6.07) is 0. The van der Waals surface area contributed by atoms with Gasteiger partial charge >= 0.3 is 11.7 Å². The van der Waals surface area contributed by atoms with Crippen molar-refractivity contribution in [2.75, 3.05) is 0 Å². The van der Waals surface area contributed by atoms with Crippen LogP contribution in [0.2, 0.25) is 0 Å². The highest BCUT2D eigenvalue weighted by atomic mass is 16.6. The third kappa shape index (κ3) is 3.86. The minimum Gasteiger partial charge on any atom is -0.459 e. The zero-order chi connectivity index (χ0) is 13.2. The second kappa shape index (κ2) is 4.52. The molecule has 1 rings (SSSR count). The number of rotatable bonds is 3. The molecule has 1 aromatic rings. The Hall–Kier alpha value is -1.92. The van der Waals surface area contributed by atoms with Crippen LogP contribution in [0.25, 0.3) is 0 Å². The number of carbonyl (C=O) groups is 1. The minimum atomic E-state index is -0.578.